The molecule has 5 nitrogen and oxygen atoms in total. The van der Waals surface area contributed by atoms with Gasteiger partial charge in [0.1, 0.15) is 0 Å². The number of aromatic nitrogens is 4. The molecule has 292 valence electrons. The summed E-state index contributed by atoms with van der Waals surface area (Å²) in [7, 11) is 0. The van der Waals surface area contributed by atoms with Crippen LogP contribution in [-0.4, -0.2) is 19.1 Å². The van der Waals surface area contributed by atoms with Crippen LogP contribution >= 0.6 is 0 Å². The van der Waals surface area contributed by atoms with Gasteiger partial charge >= 0.3 is 0 Å². The predicted octanol–water partition coefficient (Wildman–Crippen LogP) is 13.9. The SMILES string of the molecule is c1cc(-c2ccccc2-n2c3ccccc3c3cc(N4c5ccccc5C5(c6ccccc64)C4C[C@H]6CC5C[C@@H](C4)C6)ccc32)cc(-n2c3ccncc3c3cnccc32)c1. The predicted molar refractivity (Wildman–Crippen MR) is 249 cm³/mol. The summed E-state index contributed by atoms with van der Waals surface area (Å²) in [4.78, 5) is 11.5. The molecule has 6 aromatic carbocycles. The third-order valence-corrected chi connectivity index (χ3v) is 15.4. The Balaban J connectivity index is 0.937. The largest absolute Gasteiger partial charge is 0.310 e. The smallest absolute Gasteiger partial charge is 0.0572 e. The third kappa shape index (κ3) is 4.56. The van der Waals surface area contributed by atoms with Gasteiger partial charge in [0.05, 0.1) is 39.1 Å². The first-order chi connectivity index (χ1) is 30.2. The molecule has 5 heterocycles. The van der Waals surface area contributed by atoms with Gasteiger partial charge in [-0.3, -0.25) is 9.97 Å². The van der Waals surface area contributed by atoms with Gasteiger partial charge < -0.3 is 14.0 Å². The number of hydrogen-bond acceptors (Lipinski definition) is 3. The quantitative estimate of drug-likeness (QED) is 0.178. The fraction of sp³-hybridized carbons (Fsp3) is 0.179. The highest BCUT2D eigenvalue weighted by molar-refractivity contribution is 6.12. The molecule has 61 heavy (non-hydrogen) atoms. The zero-order valence-corrected chi connectivity index (χ0v) is 33.8. The lowest BCUT2D eigenvalue weighted by Crippen LogP contribution is -2.57. The average Bonchev–Trinajstić information content (AvgIpc) is 3.83. The fourth-order valence-corrected chi connectivity index (χ4v) is 13.5. The van der Waals surface area contributed by atoms with Crippen LogP contribution in [-0.2, 0) is 5.41 Å². The summed E-state index contributed by atoms with van der Waals surface area (Å²) >= 11 is 0. The van der Waals surface area contributed by atoms with E-state index < -0.39 is 0 Å². The van der Waals surface area contributed by atoms with Crippen molar-refractivity contribution in [1.29, 1.82) is 0 Å². The maximum absolute atomic E-state index is 4.46. The lowest BCUT2D eigenvalue weighted by atomic mass is 9.41. The Bertz CT molecular complexity index is 3290. The maximum atomic E-state index is 4.46. The van der Waals surface area contributed by atoms with Crippen molar-refractivity contribution in [2.24, 2.45) is 23.7 Å². The van der Waals surface area contributed by atoms with Crippen molar-refractivity contribution < 1.29 is 0 Å². The molecule has 5 aliphatic rings. The number of pyridine rings is 2. The molecule has 4 saturated carbocycles. The van der Waals surface area contributed by atoms with Crippen molar-refractivity contribution in [2.75, 3.05) is 4.90 Å². The van der Waals surface area contributed by atoms with Crippen LogP contribution in [0.15, 0.2) is 176 Å². The number of hydrogen-bond donors (Lipinski definition) is 0. The van der Waals surface area contributed by atoms with Gasteiger partial charge in [-0.15, -0.1) is 0 Å². The third-order valence-electron chi connectivity index (χ3n) is 15.4. The van der Waals surface area contributed by atoms with Crippen LogP contribution in [0.25, 0.3) is 66.1 Å². The van der Waals surface area contributed by atoms with Crippen LogP contribution in [0.5, 0.6) is 0 Å². The highest BCUT2D eigenvalue weighted by Gasteiger charge is 2.61. The lowest BCUT2D eigenvalue weighted by Gasteiger charge is -2.64. The van der Waals surface area contributed by atoms with Crippen LogP contribution < -0.4 is 4.90 Å². The Hall–Kier alpha value is -6.98. The fourth-order valence-electron chi connectivity index (χ4n) is 13.5. The van der Waals surface area contributed by atoms with Crippen LogP contribution in [0.1, 0.15) is 43.2 Å². The molecule has 1 aliphatic heterocycles. The van der Waals surface area contributed by atoms with E-state index in [-0.39, 0.29) is 5.41 Å². The second-order valence-corrected chi connectivity index (χ2v) is 18.3. The zero-order valence-electron chi connectivity index (χ0n) is 33.8. The minimum absolute atomic E-state index is 0.0915. The number of anilines is 3. The van der Waals surface area contributed by atoms with E-state index in [9.17, 15) is 0 Å². The van der Waals surface area contributed by atoms with Gasteiger partial charge in [0, 0.05) is 68.7 Å². The Morgan fingerprint density at radius 3 is 1.72 bits per heavy atom. The van der Waals surface area contributed by atoms with E-state index in [4.69, 9.17) is 0 Å². The van der Waals surface area contributed by atoms with Crippen molar-refractivity contribution in [3.8, 4) is 22.5 Å². The molecular weight excluding hydrogens is 743 g/mol. The Morgan fingerprint density at radius 1 is 0.426 bits per heavy atom. The Labute approximate surface area is 354 Å². The van der Waals surface area contributed by atoms with Gasteiger partial charge in [0.25, 0.3) is 0 Å². The summed E-state index contributed by atoms with van der Waals surface area (Å²) in [6.45, 7) is 0. The molecule has 0 unspecified atom stereocenters. The first-order valence-electron chi connectivity index (χ1n) is 22.1. The normalized spacial score (nSPS) is 20.9. The van der Waals surface area contributed by atoms with E-state index in [0.717, 1.165) is 50.6 Å². The Morgan fingerprint density at radius 2 is 1.02 bits per heavy atom. The molecular formula is C56H43N5. The highest BCUT2D eigenvalue weighted by atomic mass is 15.2. The summed E-state index contributed by atoms with van der Waals surface area (Å²) < 4.78 is 4.82. The second kappa shape index (κ2) is 12.5. The molecule has 0 saturated heterocycles. The molecule has 0 atom stereocenters. The van der Waals surface area contributed by atoms with Crippen LogP contribution in [0.3, 0.4) is 0 Å². The van der Waals surface area contributed by atoms with Gasteiger partial charge in [0.15, 0.2) is 0 Å². The minimum Gasteiger partial charge on any atom is -0.310 e. The van der Waals surface area contributed by atoms with Crippen molar-refractivity contribution >= 4 is 60.7 Å². The summed E-state index contributed by atoms with van der Waals surface area (Å²) in [6.07, 6.45) is 14.6. The molecule has 4 fully saturated rings. The summed E-state index contributed by atoms with van der Waals surface area (Å²) in [6, 6.07) is 57.1. The summed E-state index contributed by atoms with van der Waals surface area (Å²) in [5.74, 6) is 3.25. The van der Waals surface area contributed by atoms with Crippen LogP contribution in [0, 0.1) is 23.7 Å². The van der Waals surface area contributed by atoms with E-state index in [2.05, 4.69) is 176 Å². The maximum Gasteiger partial charge on any atom is 0.0572 e. The van der Waals surface area contributed by atoms with Crippen LogP contribution in [0.2, 0.25) is 0 Å². The van der Waals surface area contributed by atoms with Gasteiger partial charge in [0.2, 0.25) is 0 Å². The molecule has 0 radical (unpaired) electrons. The topological polar surface area (TPSA) is 38.9 Å². The van der Waals surface area contributed by atoms with Gasteiger partial charge in [-0.05, 0) is 139 Å². The molecule has 10 aromatic rings. The van der Waals surface area contributed by atoms with E-state index in [1.807, 2.05) is 24.8 Å². The number of rotatable bonds is 4. The van der Waals surface area contributed by atoms with E-state index >= 15 is 0 Å². The van der Waals surface area contributed by atoms with Crippen molar-refractivity contribution in [2.45, 2.75) is 37.5 Å². The molecule has 4 aromatic heterocycles. The monoisotopic (exact) mass is 785 g/mol. The summed E-state index contributed by atoms with van der Waals surface area (Å²) in [5.41, 5.74) is 16.4. The highest BCUT2D eigenvalue weighted by Crippen LogP contribution is 2.69. The number of fused-ring (bicyclic) bond motifs is 8. The minimum atomic E-state index is 0.0915. The zero-order chi connectivity index (χ0) is 39.8. The molecule has 4 bridgehead atoms. The molecule has 1 spiro atoms. The van der Waals surface area contributed by atoms with Crippen molar-refractivity contribution in [1.82, 2.24) is 19.1 Å². The molecule has 0 amide bonds. The number of benzene rings is 6. The van der Waals surface area contributed by atoms with Crippen molar-refractivity contribution in [3.63, 3.8) is 0 Å². The molecule has 0 N–H and O–H groups in total. The lowest BCUT2D eigenvalue weighted by molar-refractivity contribution is -0.0419. The van der Waals surface area contributed by atoms with Gasteiger partial charge in [-0.25, -0.2) is 0 Å². The average molecular weight is 786 g/mol. The number of para-hydroxylation sites is 4. The van der Waals surface area contributed by atoms with Crippen LogP contribution in [0.4, 0.5) is 17.1 Å². The van der Waals surface area contributed by atoms with E-state index in [1.54, 1.807) is 11.1 Å². The standard InChI is InChI=1S/C56H43N5/c1-5-16-49(42(12-1)37-10-9-11-40(31-37)59-52-22-24-57-33-45(52)46-34-58-25-23-53(46)59)61-50-17-6-2-13-43(50)44-32-41(20-21-51(44)61)60-54-18-7-3-14-47(54)56(48-15-4-8-19-55(48)60)38-27-35-26-36(29-38)30-39(56)28-35/h1-25,31-36,38-39H,26-30H2/t35-,36+,38?,39?. The Kier molecular flexibility index (Phi) is 6.94. The first kappa shape index (κ1) is 33.8. The summed E-state index contributed by atoms with van der Waals surface area (Å²) in [5, 5.41) is 4.72. The molecule has 5 heteroatoms. The number of nitrogens with zero attached hydrogens (tertiary/aromatic N) is 5. The molecule has 4 aliphatic carbocycles. The van der Waals surface area contributed by atoms with E-state index in [0.29, 0.717) is 11.8 Å². The van der Waals surface area contributed by atoms with Gasteiger partial charge in [-0.2, -0.15) is 0 Å². The molecule has 15 rings (SSSR count). The first-order valence-corrected chi connectivity index (χ1v) is 22.1. The van der Waals surface area contributed by atoms with E-state index in [1.165, 1.54) is 76.5 Å². The van der Waals surface area contributed by atoms with Gasteiger partial charge in [-0.1, -0.05) is 84.9 Å². The second-order valence-electron chi connectivity index (χ2n) is 18.3. The van der Waals surface area contributed by atoms with Crippen molar-refractivity contribution in [3.05, 3.63) is 188 Å².